The van der Waals surface area contributed by atoms with Crippen molar-refractivity contribution in [3.8, 4) is 6.07 Å². The number of ether oxygens (including phenoxy) is 1. The van der Waals surface area contributed by atoms with E-state index in [-0.39, 0.29) is 17.0 Å². The largest absolute Gasteiger partial charge is 0.459 e. The quantitative estimate of drug-likeness (QED) is 0.607. The molecule has 2 N–H and O–H groups in total. The molecule has 8 heteroatoms. The maximum atomic E-state index is 12.6. The molecule has 150 valence electrons. The van der Waals surface area contributed by atoms with Gasteiger partial charge in [-0.2, -0.15) is 5.26 Å². The predicted octanol–water partition coefficient (Wildman–Crippen LogP) is 3.59. The van der Waals surface area contributed by atoms with Crippen molar-refractivity contribution in [2.75, 3.05) is 10.6 Å². The molecule has 0 spiro atoms. The van der Waals surface area contributed by atoms with Crippen molar-refractivity contribution < 1.29 is 23.5 Å². The van der Waals surface area contributed by atoms with E-state index in [2.05, 4.69) is 10.6 Å². The molecule has 1 atom stereocenters. The molecule has 0 saturated carbocycles. The second-order valence-electron chi connectivity index (χ2n) is 6.20. The summed E-state index contributed by atoms with van der Waals surface area (Å²) in [4.78, 5) is 37.1. The number of nitrogens with one attached hydrogen (secondary N) is 2. The average Bonchev–Trinajstić information content (AvgIpc) is 3.29. The van der Waals surface area contributed by atoms with Crippen LogP contribution in [0, 0.1) is 11.3 Å². The van der Waals surface area contributed by atoms with Crippen LogP contribution >= 0.6 is 0 Å². The molecule has 1 aromatic heterocycles. The minimum Gasteiger partial charge on any atom is -0.459 e. The number of amides is 2. The number of furan rings is 1. The molecule has 3 rings (SSSR count). The molecule has 0 aliphatic heterocycles. The van der Waals surface area contributed by atoms with Gasteiger partial charge in [-0.1, -0.05) is 12.1 Å². The third kappa shape index (κ3) is 4.91. The fraction of sp³-hybridized carbons (Fsp3) is 0.0909. The lowest BCUT2D eigenvalue weighted by atomic mass is 10.1. The first-order valence-electron chi connectivity index (χ1n) is 8.94. The van der Waals surface area contributed by atoms with Crippen LogP contribution in [0.15, 0.2) is 71.3 Å². The molecule has 0 unspecified atom stereocenters. The highest BCUT2D eigenvalue weighted by Gasteiger charge is 2.22. The van der Waals surface area contributed by atoms with Crippen molar-refractivity contribution in [1.29, 1.82) is 5.26 Å². The normalized spacial score (nSPS) is 11.1. The van der Waals surface area contributed by atoms with Crippen LogP contribution in [0.2, 0.25) is 0 Å². The number of rotatable bonds is 6. The summed E-state index contributed by atoms with van der Waals surface area (Å²) in [5.74, 6) is -1.74. The molecule has 2 amide bonds. The van der Waals surface area contributed by atoms with Crippen LogP contribution in [-0.2, 0) is 9.53 Å². The van der Waals surface area contributed by atoms with E-state index in [1.54, 1.807) is 48.5 Å². The first kappa shape index (κ1) is 20.4. The molecule has 0 aliphatic carbocycles. The summed E-state index contributed by atoms with van der Waals surface area (Å²) >= 11 is 0. The highest BCUT2D eigenvalue weighted by molar-refractivity contribution is 6.07. The van der Waals surface area contributed by atoms with Gasteiger partial charge in [0.2, 0.25) is 0 Å². The van der Waals surface area contributed by atoms with Gasteiger partial charge >= 0.3 is 5.97 Å². The third-order valence-corrected chi connectivity index (χ3v) is 4.07. The summed E-state index contributed by atoms with van der Waals surface area (Å²) < 4.78 is 10.3. The van der Waals surface area contributed by atoms with E-state index in [1.807, 2.05) is 6.07 Å². The van der Waals surface area contributed by atoms with Crippen molar-refractivity contribution >= 4 is 29.2 Å². The lowest BCUT2D eigenvalue weighted by Crippen LogP contribution is -2.30. The highest BCUT2D eigenvalue weighted by atomic mass is 16.5. The van der Waals surface area contributed by atoms with E-state index in [4.69, 9.17) is 14.4 Å². The molecule has 0 aliphatic rings. The van der Waals surface area contributed by atoms with Crippen molar-refractivity contribution in [2.24, 2.45) is 0 Å². The molecule has 30 heavy (non-hydrogen) atoms. The van der Waals surface area contributed by atoms with Crippen LogP contribution in [0.1, 0.15) is 33.4 Å². The second-order valence-corrected chi connectivity index (χ2v) is 6.20. The molecule has 0 fully saturated rings. The van der Waals surface area contributed by atoms with Crippen LogP contribution in [0.5, 0.6) is 0 Å². The van der Waals surface area contributed by atoms with Crippen molar-refractivity contribution in [3.63, 3.8) is 0 Å². The van der Waals surface area contributed by atoms with Gasteiger partial charge in [0.1, 0.15) is 0 Å². The van der Waals surface area contributed by atoms with Crippen molar-refractivity contribution in [1.82, 2.24) is 0 Å². The number of nitrogens with zero attached hydrogens (tertiary/aromatic N) is 1. The molecule has 0 bridgehead atoms. The highest BCUT2D eigenvalue weighted by Crippen LogP contribution is 2.19. The van der Waals surface area contributed by atoms with E-state index in [0.29, 0.717) is 11.3 Å². The fourth-order valence-electron chi connectivity index (χ4n) is 2.51. The maximum Gasteiger partial charge on any atom is 0.341 e. The van der Waals surface area contributed by atoms with Gasteiger partial charge in [0.15, 0.2) is 11.9 Å². The number of hydrogen-bond donors (Lipinski definition) is 2. The SMILES string of the molecule is C[C@@H](OC(=O)c1ccccc1NC(=O)c1ccco1)C(=O)Nc1ccc(C#N)cc1. The van der Waals surface area contributed by atoms with Gasteiger partial charge in [0, 0.05) is 5.69 Å². The lowest BCUT2D eigenvalue weighted by Gasteiger charge is -2.15. The Morgan fingerprint density at radius 3 is 2.40 bits per heavy atom. The van der Waals surface area contributed by atoms with Crippen LogP contribution in [-0.4, -0.2) is 23.9 Å². The zero-order chi connectivity index (χ0) is 21.5. The zero-order valence-corrected chi connectivity index (χ0v) is 15.9. The number of benzene rings is 2. The van der Waals surface area contributed by atoms with Crippen molar-refractivity contribution in [2.45, 2.75) is 13.0 Å². The first-order valence-corrected chi connectivity index (χ1v) is 8.94. The molecular formula is C22H17N3O5. The zero-order valence-electron chi connectivity index (χ0n) is 15.9. The fourth-order valence-corrected chi connectivity index (χ4v) is 2.51. The Morgan fingerprint density at radius 1 is 1.00 bits per heavy atom. The topological polar surface area (TPSA) is 121 Å². The van der Waals surface area contributed by atoms with Crippen molar-refractivity contribution in [3.05, 3.63) is 83.8 Å². The Kier molecular flexibility index (Phi) is 6.25. The Bertz CT molecular complexity index is 1100. The number of carbonyl (C=O) groups excluding carboxylic acids is 3. The summed E-state index contributed by atoms with van der Waals surface area (Å²) in [6, 6.07) is 17.6. The second kappa shape index (κ2) is 9.21. The molecule has 0 saturated heterocycles. The Morgan fingerprint density at radius 2 is 1.73 bits per heavy atom. The monoisotopic (exact) mass is 403 g/mol. The van der Waals surface area contributed by atoms with E-state index in [0.717, 1.165) is 0 Å². The van der Waals surface area contributed by atoms with Gasteiger partial charge in [0.25, 0.3) is 11.8 Å². The number of nitriles is 1. The molecule has 2 aromatic carbocycles. The summed E-state index contributed by atoms with van der Waals surface area (Å²) in [5, 5.41) is 14.0. The van der Waals surface area contributed by atoms with Crippen LogP contribution in [0.25, 0.3) is 0 Å². The van der Waals surface area contributed by atoms with E-state index in [9.17, 15) is 14.4 Å². The minimum atomic E-state index is -1.10. The summed E-state index contributed by atoms with van der Waals surface area (Å²) in [5.41, 5.74) is 1.24. The number of anilines is 2. The average molecular weight is 403 g/mol. The van der Waals surface area contributed by atoms with Gasteiger partial charge in [0.05, 0.1) is 29.1 Å². The van der Waals surface area contributed by atoms with E-state index >= 15 is 0 Å². The lowest BCUT2D eigenvalue weighted by molar-refractivity contribution is -0.123. The summed E-state index contributed by atoms with van der Waals surface area (Å²) in [6.07, 6.45) is 0.269. The first-order chi connectivity index (χ1) is 14.5. The number of esters is 1. The third-order valence-electron chi connectivity index (χ3n) is 4.07. The Labute approximate surface area is 172 Å². The van der Waals surface area contributed by atoms with Gasteiger partial charge in [-0.15, -0.1) is 0 Å². The molecule has 8 nitrogen and oxygen atoms in total. The Hall–Kier alpha value is -4.38. The Balaban J connectivity index is 1.65. The van der Waals surface area contributed by atoms with Gasteiger partial charge < -0.3 is 19.8 Å². The standard InChI is InChI=1S/C22H17N3O5/c1-14(20(26)24-16-10-8-15(13-23)9-11-16)30-22(28)17-5-2-3-6-18(17)25-21(27)19-7-4-12-29-19/h2-12,14H,1H3,(H,24,26)(H,25,27)/t14-/m1/s1. The summed E-state index contributed by atoms with van der Waals surface area (Å²) in [7, 11) is 0. The molecular weight excluding hydrogens is 386 g/mol. The van der Waals surface area contributed by atoms with Gasteiger partial charge in [-0.25, -0.2) is 4.79 Å². The van der Waals surface area contributed by atoms with Crippen LogP contribution in [0.4, 0.5) is 11.4 Å². The van der Waals surface area contributed by atoms with Crippen LogP contribution < -0.4 is 10.6 Å². The van der Waals surface area contributed by atoms with Gasteiger partial charge in [-0.3, -0.25) is 9.59 Å². The predicted molar refractivity (Wildman–Crippen MR) is 108 cm³/mol. The van der Waals surface area contributed by atoms with Crippen LogP contribution in [0.3, 0.4) is 0 Å². The smallest absolute Gasteiger partial charge is 0.341 e. The maximum absolute atomic E-state index is 12.6. The molecule has 3 aromatic rings. The molecule has 1 heterocycles. The number of para-hydroxylation sites is 1. The van der Waals surface area contributed by atoms with Gasteiger partial charge in [-0.05, 0) is 55.5 Å². The number of hydrogen-bond acceptors (Lipinski definition) is 6. The number of carbonyl (C=O) groups is 3. The van der Waals surface area contributed by atoms with E-state index in [1.165, 1.54) is 25.3 Å². The molecule has 0 radical (unpaired) electrons. The van der Waals surface area contributed by atoms with E-state index < -0.39 is 23.9 Å². The minimum absolute atomic E-state index is 0.0910. The summed E-state index contributed by atoms with van der Waals surface area (Å²) in [6.45, 7) is 1.43.